The van der Waals surface area contributed by atoms with Gasteiger partial charge in [0.25, 0.3) is 10.0 Å². The minimum Gasteiger partial charge on any atom is -0.491 e. The van der Waals surface area contributed by atoms with Crippen molar-refractivity contribution in [3.63, 3.8) is 0 Å². The smallest absolute Gasteiger partial charge is 0.261 e. The molecule has 0 saturated carbocycles. The van der Waals surface area contributed by atoms with E-state index in [4.69, 9.17) is 9.47 Å². The molecule has 0 spiro atoms. The first-order chi connectivity index (χ1) is 12.7. The second-order valence-corrected chi connectivity index (χ2v) is 9.54. The van der Waals surface area contributed by atoms with Gasteiger partial charge in [0, 0.05) is 12.7 Å². The van der Waals surface area contributed by atoms with Gasteiger partial charge in [0.05, 0.1) is 16.7 Å². The van der Waals surface area contributed by atoms with Gasteiger partial charge in [-0.2, -0.15) is 0 Å². The summed E-state index contributed by atoms with van der Waals surface area (Å²) in [6.45, 7) is 7.54. The van der Waals surface area contributed by atoms with Crippen molar-refractivity contribution in [1.82, 2.24) is 0 Å². The fraction of sp³-hybridized carbons (Fsp3) is 0.429. The number of hydrogen-bond acceptors (Lipinski definition) is 4. The van der Waals surface area contributed by atoms with E-state index in [1.807, 2.05) is 18.2 Å². The second kappa shape index (κ2) is 7.90. The van der Waals surface area contributed by atoms with E-state index in [9.17, 15) is 8.42 Å². The molecule has 1 aliphatic rings. The molecule has 3 rings (SSSR count). The number of sulfonamides is 1. The maximum Gasteiger partial charge on any atom is 0.261 e. The van der Waals surface area contributed by atoms with Crippen LogP contribution in [0.1, 0.15) is 39.2 Å². The molecule has 27 heavy (non-hydrogen) atoms. The van der Waals surface area contributed by atoms with Crippen LogP contribution in [0.15, 0.2) is 53.4 Å². The average molecular weight is 390 g/mol. The first-order valence-electron chi connectivity index (χ1n) is 9.22. The predicted molar refractivity (Wildman–Crippen MR) is 107 cm³/mol. The van der Waals surface area contributed by atoms with Crippen LogP contribution in [0, 0.1) is 0 Å². The molecule has 0 aliphatic carbocycles. The van der Waals surface area contributed by atoms with Gasteiger partial charge in [0.2, 0.25) is 0 Å². The number of anilines is 1. The molecule has 1 saturated heterocycles. The van der Waals surface area contributed by atoms with Crippen molar-refractivity contribution in [3.8, 4) is 5.75 Å². The Balaban J connectivity index is 1.68. The van der Waals surface area contributed by atoms with Crippen molar-refractivity contribution in [3.05, 3.63) is 54.1 Å². The largest absolute Gasteiger partial charge is 0.491 e. The summed E-state index contributed by atoms with van der Waals surface area (Å²) in [5, 5.41) is 0. The van der Waals surface area contributed by atoms with Crippen molar-refractivity contribution in [2.45, 2.75) is 50.0 Å². The van der Waals surface area contributed by atoms with Crippen LogP contribution in [0.3, 0.4) is 0 Å². The number of rotatable bonds is 6. The molecule has 0 amide bonds. The Bertz CT molecular complexity index is 864. The lowest BCUT2D eigenvalue weighted by Gasteiger charge is -2.19. The zero-order valence-corrected chi connectivity index (χ0v) is 16.9. The number of nitrogens with one attached hydrogen (secondary N) is 1. The normalized spacial score (nSPS) is 17.7. The molecule has 0 unspecified atom stereocenters. The summed E-state index contributed by atoms with van der Waals surface area (Å²) in [6.07, 6.45) is 2.17. The summed E-state index contributed by atoms with van der Waals surface area (Å²) in [5.74, 6) is 0.619. The van der Waals surface area contributed by atoms with E-state index in [0.717, 1.165) is 25.0 Å². The average Bonchev–Trinajstić information content (AvgIpc) is 3.13. The van der Waals surface area contributed by atoms with Crippen molar-refractivity contribution in [2.24, 2.45) is 0 Å². The lowest BCUT2D eigenvalue weighted by Crippen LogP contribution is -2.17. The quantitative estimate of drug-likeness (QED) is 0.798. The van der Waals surface area contributed by atoms with E-state index in [0.29, 0.717) is 18.0 Å². The Morgan fingerprint density at radius 1 is 1.15 bits per heavy atom. The van der Waals surface area contributed by atoms with Gasteiger partial charge >= 0.3 is 0 Å². The molecule has 6 heteroatoms. The van der Waals surface area contributed by atoms with Crippen molar-refractivity contribution in [2.75, 3.05) is 17.9 Å². The lowest BCUT2D eigenvalue weighted by atomic mass is 9.87. The standard InChI is InChI=1S/C21H27NO4S/c1-21(2,3)16-9-11-20(12-10-16)27(23,24)22-17-6-4-7-18(14-17)26-15-19-8-5-13-25-19/h4,6-7,9-12,14,19,22H,5,8,13,15H2,1-3H3/t19-/m0/s1. The third-order valence-corrected chi connectivity index (χ3v) is 5.97. The van der Waals surface area contributed by atoms with Crippen LogP contribution in [0.2, 0.25) is 0 Å². The topological polar surface area (TPSA) is 64.6 Å². The predicted octanol–water partition coefficient (Wildman–Crippen LogP) is 4.34. The fourth-order valence-corrected chi connectivity index (χ4v) is 4.01. The highest BCUT2D eigenvalue weighted by Gasteiger charge is 2.19. The lowest BCUT2D eigenvalue weighted by molar-refractivity contribution is 0.0680. The van der Waals surface area contributed by atoms with E-state index < -0.39 is 10.0 Å². The summed E-state index contributed by atoms with van der Waals surface area (Å²) < 4.78 is 39.2. The van der Waals surface area contributed by atoms with Gasteiger partial charge in [-0.05, 0) is 48.1 Å². The molecule has 1 heterocycles. The highest BCUT2D eigenvalue weighted by molar-refractivity contribution is 7.92. The fourth-order valence-electron chi connectivity index (χ4n) is 2.96. The van der Waals surface area contributed by atoms with Gasteiger partial charge in [0.15, 0.2) is 0 Å². The molecule has 0 bridgehead atoms. The SMILES string of the molecule is CC(C)(C)c1ccc(S(=O)(=O)Nc2cccc(OC[C@@H]3CCCO3)c2)cc1. The summed E-state index contributed by atoms with van der Waals surface area (Å²) in [6, 6.07) is 14.0. The van der Waals surface area contributed by atoms with Crippen LogP contribution >= 0.6 is 0 Å². The Morgan fingerprint density at radius 2 is 1.89 bits per heavy atom. The van der Waals surface area contributed by atoms with Crippen molar-refractivity contribution < 1.29 is 17.9 Å². The van der Waals surface area contributed by atoms with Gasteiger partial charge in [-0.15, -0.1) is 0 Å². The Morgan fingerprint density at radius 3 is 2.52 bits per heavy atom. The van der Waals surface area contributed by atoms with Gasteiger partial charge in [0.1, 0.15) is 12.4 Å². The van der Waals surface area contributed by atoms with Gasteiger partial charge in [-0.3, -0.25) is 4.72 Å². The Kier molecular flexibility index (Phi) is 5.77. The molecular formula is C21H27NO4S. The first-order valence-corrected chi connectivity index (χ1v) is 10.7. The van der Waals surface area contributed by atoms with Crippen molar-refractivity contribution in [1.29, 1.82) is 0 Å². The first kappa shape index (κ1) is 19.7. The van der Waals surface area contributed by atoms with Crippen LogP contribution in [-0.4, -0.2) is 27.7 Å². The summed E-state index contributed by atoms with van der Waals surface area (Å²) in [7, 11) is -3.65. The zero-order valence-electron chi connectivity index (χ0n) is 16.1. The molecule has 2 aromatic rings. The van der Waals surface area contributed by atoms with Crippen molar-refractivity contribution >= 4 is 15.7 Å². The third-order valence-electron chi connectivity index (χ3n) is 4.58. The molecule has 0 radical (unpaired) electrons. The second-order valence-electron chi connectivity index (χ2n) is 7.85. The molecular weight excluding hydrogens is 362 g/mol. The van der Waals surface area contributed by atoms with Crippen LogP contribution in [0.5, 0.6) is 5.75 Å². The highest BCUT2D eigenvalue weighted by Crippen LogP contribution is 2.25. The summed E-state index contributed by atoms with van der Waals surface area (Å²) in [4.78, 5) is 0.237. The van der Waals surface area contributed by atoms with E-state index >= 15 is 0 Å². The molecule has 1 aliphatic heterocycles. The molecule has 5 nitrogen and oxygen atoms in total. The van der Waals surface area contributed by atoms with Crippen LogP contribution in [0.25, 0.3) is 0 Å². The maximum absolute atomic E-state index is 12.7. The van der Waals surface area contributed by atoms with Gasteiger partial charge in [-0.1, -0.05) is 39.0 Å². The van der Waals surface area contributed by atoms with Gasteiger partial charge in [-0.25, -0.2) is 8.42 Å². The number of hydrogen-bond donors (Lipinski definition) is 1. The minimum absolute atomic E-state index is 0.0234. The molecule has 1 atom stereocenters. The molecule has 1 fully saturated rings. The third kappa shape index (κ3) is 5.23. The molecule has 2 aromatic carbocycles. The van der Waals surface area contributed by atoms with E-state index in [1.54, 1.807) is 30.3 Å². The summed E-state index contributed by atoms with van der Waals surface area (Å²) in [5.41, 5.74) is 1.54. The van der Waals surface area contributed by atoms with Crippen LogP contribution in [0.4, 0.5) is 5.69 Å². The van der Waals surface area contributed by atoms with Crippen LogP contribution in [-0.2, 0) is 20.2 Å². The Labute approximate surface area is 161 Å². The van der Waals surface area contributed by atoms with E-state index in [2.05, 4.69) is 25.5 Å². The monoisotopic (exact) mass is 389 g/mol. The summed E-state index contributed by atoms with van der Waals surface area (Å²) >= 11 is 0. The highest BCUT2D eigenvalue weighted by atomic mass is 32.2. The molecule has 0 aromatic heterocycles. The molecule has 1 N–H and O–H groups in total. The number of ether oxygens (including phenoxy) is 2. The molecule has 146 valence electrons. The van der Waals surface area contributed by atoms with E-state index in [-0.39, 0.29) is 16.4 Å². The maximum atomic E-state index is 12.7. The van der Waals surface area contributed by atoms with Crippen LogP contribution < -0.4 is 9.46 Å². The minimum atomic E-state index is -3.65. The van der Waals surface area contributed by atoms with Gasteiger partial charge < -0.3 is 9.47 Å². The van der Waals surface area contributed by atoms with E-state index in [1.165, 1.54) is 0 Å². The zero-order chi connectivity index (χ0) is 19.5. The Hall–Kier alpha value is -2.05. The number of benzene rings is 2.